The number of aromatic nitrogens is 5. The molecule has 0 amide bonds. The van der Waals surface area contributed by atoms with Gasteiger partial charge in [-0.15, -0.1) is 0 Å². The third-order valence-electron chi connectivity index (χ3n) is 5.13. The summed E-state index contributed by atoms with van der Waals surface area (Å²) in [5.41, 5.74) is 5.46. The number of aromatic amines is 1. The molecule has 1 N–H and O–H groups in total. The molecular weight excluding hydrogens is 376 g/mol. The van der Waals surface area contributed by atoms with Crippen molar-refractivity contribution < 1.29 is 9.26 Å². The van der Waals surface area contributed by atoms with E-state index in [-0.39, 0.29) is 6.04 Å². The SMILES string of the molecule is Cc1noc(C)c1-c1cc(N2CCOC[C@H]2C)nc2c(-c3ccn[nH]3)nsc12. The van der Waals surface area contributed by atoms with E-state index < -0.39 is 0 Å². The highest BCUT2D eigenvalue weighted by Crippen LogP contribution is 2.40. The van der Waals surface area contributed by atoms with E-state index in [1.165, 1.54) is 11.5 Å². The second-order valence-electron chi connectivity index (χ2n) is 7.02. The third-order valence-corrected chi connectivity index (χ3v) is 6.00. The minimum Gasteiger partial charge on any atom is -0.377 e. The number of nitrogens with one attached hydrogen (secondary N) is 1. The Morgan fingerprint density at radius 2 is 2.21 bits per heavy atom. The van der Waals surface area contributed by atoms with Crippen LogP contribution in [0.1, 0.15) is 18.4 Å². The second-order valence-corrected chi connectivity index (χ2v) is 7.80. The zero-order valence-electron chi connectivity index (χ0n) is 15.9. The lowest BCUT2D eigenvalue weighted by atomic mass is 10.0. The van der Waals surface area contributed by atoms with Gasteiger partial charge in [-0.1, -0.05) is 5.16 Å². The van der Waals surface area contributed by atoms with Crippen LogP contribution in [0.2, 0.25) is 0 Å². The Labute approximate surface area is 165 Å². The average Bonchev–Trinajstić information content (AvgIpc) is 3.42. The van der Waals surface area contributed by atoms with Gasteiger partial charge in [-0.05, 0) is 44.4 Å². The van der Waals surface area contributed by atoms with Crippen LogP contribution in [0.4, 0.5) is 5.82 Å². The first-order valence-electron chi connectivity index (χ1n) is 9.21. The molecule has 0 spiro atoms. The van der Waals surface area contributed by atoms with Crippen molar-refractivity contribution in [2.75, 3.05) is 24.7 Å². The molecule has 0 saturated carbocycles. The molecule has 4 aromatic heterocycles. The Hall–Kier alpha value is -2.78. The molecular formula is C19H20N6O2S. The summed E-state index contributed by atoms with van der Waals surface area (Å²) in [6, 6.07) is 4.29. The van der Waals surface area contributed by atoms with Crippen LogP contribution in [0.25, 0.3) is 32.7 Å². The van der Waals surface area contributed by atoms with Crippen LogP contribution in [-0.2, 0) is 4.74 Å². The number of aryl methyl sites for hydroxylation is 2. The lowest BCUT2D eigenvalue weighted by Crippen LogP contribution is -2.44. The van der Waals surface area contributed by atoms with Crippen LogP contribution in [0.3, 0.4) is 0 Å². The summed E-state index contributed by atoms with van der Waals surface area (Å²) >= 11 is 1.44. The van der Waals surface area contributed by atoms with Crippen LogP contribution < -0.4 is 4.90 Å². The Kier molecular flexibility index (Phi) is 4.13. The molecule has 0 radical (unpaired) electrons. The maximum absolute atomic E-state index is 5.61. The number of anilines is 1. The number of rotatable bonds is 3. The molecule has 0 unspecified atom stereocenters. The maximum atomic E-state index is 5.61. The van der Waals surface area contributed by atoms with E-state index in [0.29, 0.717) is 13.2 Å². The van der Waals surface area contributed by atoms with Gasteiger partial charge in [0.1, 0.15) is 22.8 Å². The number of pyridine rings is 1. The van der Waals surface area contributed by atoms with E-state index in [4.69, 9.17) is 14.2 Å². The Bertz CT molecular complexity index is 1110. The summed E-state index contributed by atoms with van der Waals surface area (Å²) in [7, 11) is 0. The quantitative estimate of drug-likeness (QED) is 0.566. The normalized spacial score (nSPS) is 17.5. The van der Waals surface area contributed by atoms with Crippen molar-refractivity contribution in [1.29, 1.82) is 0 Å². The first kappa shape index (κ1) is 17.3. The van der Waals surface area contributed by atoms with Gasteiger partial charge in [0, 0.05) is 23.9 Å². The van der Waals surface area contributed by atoms with Crippen LogP contribution in [0.5, 0.6) is 0 Å². The van der Waals surface area contributed by atoms with Crippen molar-refractivity contribution in [3.05, 3.63) is 29.8 Å². The number of morpholine rings is 1. The van der Waals surface area contributed by atoms with Crippen molar-refractivity contribution in [3.63, 3.8) is 0 Å². The van der Waals surface area contributed by atoms with E-state index >= 15 is 0 Å². The predicted molar refractivity (Wildman–Crippen MR) is 108 cm³/mol. The van der Waals surface area contributed by atoms with E-state index in [2.05, 4.69) is 37.6 Å². The second kappa shape index (κ2) is 6.68. The molecule has 9 heteroatoms. The molecule has 1 aliphatic rings. The van der Waals surface area contributed by atoms with E-state index in [1.807, 2.05) is 19.9 Å². The first-order valence-corrected chi connectivity index (χ1v) is 9.98. The summed E-state index contributed by atoms with van der Waals surface area (Å²) in [5.74, 6) is 1.71. The molecule has 0 aliphatic carbocycles. The van der Waals surface area contributed by atoms with Crippen molar-refractivity contribution >= 4 is 27.6 Å². The molecule has 4 aromatic rings. The highest BCUT2D eigenvalue weighted by Gasteiger charge is 2.26. The summed E-state index contributed by atoms with van der Waals surface area (Å²) in [6.45, 7) is 8.25. The monoisotopic (exact) mass is 396 g/mol. The molecule has 0 aromatic carbocycles. The molecule has 5 rings (SSSR count). The van der Waals surface area contributed by atoms with Crippen LogP contribution in [0.15, 0.2) is 22.9 Å². The Balaban J connectivity index is 1.78. The Morgan fingerprint density at radius 3 is 2.93 bits per heavy atom. The van der Waals surface area contributed by atoms with Gasteiger partial charge in [-0.3, -0.25) is 5.10 Å². The van der Waals surface area contributed by atoms with Gasteiger partial charge in [0.25, 0.3) is 0 Å². The smallest absolute Gasteiger partial charge is 0.141 e. The topological polar surface area (TPSA) is 93.0 Å². The minimum absolute atomic E-state index is 0.249. The van der Waals surface area contributed by atoms with Crippen molar-refractivity contribution in [2.45, 2.75) is 26.8 Å². The summed E-state index contributed by atoms with van der Waals surface area (Å²) in [6.07, 6.45) is 1.73. The third kappa shape index (κ3) is 2.70. The van der Waals surface area contributed by atoms with Crippen LogP contribution in [-0.4, -0.2) is 50.5 Å². The van der Waals surface area contributed by atoms with Gasteiger partial charge in [-0.2, -0.15) is 9.47 Å². The summed E-state index contributed by atoms with van der Waals surface area (Å²) in [4.78, 5) is 7.31. The fourth-order valence-corrected chi connectivity index (χ4v) is 4.60. The Morgan fingerprint density at radius 1 is 1.32 bits per heavy atom. The largest absolute Gasteiger partial charge is 0.377 e. The molecule has 28 heavy (non-hydrogen) atoms. The van der Waals surface area contributed by atoms with Gasteiger partial charge in [0.15, 0.2) is 0 Å². The number of fused-ring (bicyclic) bond motifs is 1. The fraction of sp³-hybridized carbons (Fsp3) is 0.368. The van der Waals surface area contributed by atoms with E-state index in [1.54, 1.807) is 6.20 Å². The van der Waals surface area contributed by atoms with Crippen LogP contribution in [0, 0.1) is 13.8 Å². The number of hydrogen-bond acceptors (Lipinski definition) is 8. The molecule has 8 nitrogen and oxygen atoms in total. The fourth-order valence-electron chi connectivity index (χ4n) is 3.74. The van der Waals surface area contributed by atoms with Gasteiger partial charge >= 0.3 is 0 Å². The molecule has 5 heterocycles. The average molecular weight is 396 g/mol. The number of nitrogens with zero attached hydrogens (tertiary/aromatic N) is 5. The van der Waals surface area contributed by atoms with Crippen molar-refractivity contribution in [2.24, 2.45) is 0 Å². The lowest BCUT2D eigenvalue weighted by molar-refractivity contribution is 0.0986. The molecule has 144 valence electrons. The zero-order chi connectivity index (χ0) is 19.3. The van der Waals surface area contributed by atoms with Crippen molar-refractivity contribution in [1.82, 2.24) is 24.7 Å². The van der Waals surface area contributed by atoms with Gasteiger partial charge < -0.3 is 14.2 Å². The van der Waals surface area contributed by atoms with Gasteiger partial charge in [0.05, 0.1) is 35.3 Å². The summed E-state index contributed by atoms with van der Waals surface area (Å²) in [5, 5.41) is 11.2. The van der Waals surface area contributed by atoms with E-state index in [9.17, 15) is 0 Å². The van der Waals surface area contributed by atoms with E-state index in [0.717, 1.165) is 56.5 Å². The number of ether oxygens (including phenoxy) is 1. The maximum Gasteiger partial charge on any atom is 0.141 e. The molecule has 0 bridgehead atoms. The minimum atomic E-state index is 0.249. The standard InChI is InChI=1S/C19H20N6O2S/c1-10-9-26-7-6-25(10)15-8-13(16-11(2)23-27-12(16)3)19-18(21-15)17(24-28-19)14-4-5-20-22-14/h4-5,8,10H,6-7,9H2,1-3H3,(H,20,22)/t10-/m1/s1. The number of hydrogen-bond donors (Lipinski definition) is 1. The molecule has 1 fully saturated rings. The first-order chi connectivity index (χ1) is 13.6. The molecule has 1 aliphatic heterocycles. The molecule has 1 saturated heterocycles. The highest BCUT2D eigenvalue weighted by molar-refractivity contribution is 7.14. The zero-order valence-corrected chi connectivity index (χ0v) is 16.7. The van der Waals surface area contributed by atoms with Crippen molar-refractivity contribution in [3.8, 4) is 22.5 Å². The van der Waals surface area contributed by atoms with Crippen LogP contribution >= 0.6 is 11.5 Å². The lowest BCUT2D eigenvalue weighted by Gasteiger charge is -2.34. The summed E-state index contributed by atoms with van der Waals surface area (Å²) < 4.78 is 16.8. The van der Waals surface area contributed by atoms with Gasteiger partial charge in [0.2, 0.25) is 0 Å². The highest BCUT2D eigenvalue weighted by atomic mass is 32.1. The molecule has 1 atom stereocenters. The predicted octanol–water partition coefficient (Wildman–Crippen LogP) is 3.58. The van der Waals surface area contributed by atoms with Gasteiger partial charge in [-0.25, -0.2) is 4.98 Å². The number of H-pyrrole nitrogens is 1.